The van der Waals surface area contributed by atoms with Crippen LogP contribution in [0, 0.1) is 0 Å². The highest BCUT2D eigenvalue weighted by atomic mass is 19.4. The molecule has 2 aromatic carbocycles. The number of aliphatic carboxylic acids is 1. The van der Waals surface area contributed by atoms with E-state index in [1.54, 1.807) is 36.4 Å². The Kier molecular flexibility index (Phi) is 9.70. The van der Waals surface area contributed by atoms with Crippen molar-refractivity contribution in [2.75, 3.05) is 36.5 Å². The van der Waals surface area contributed by atoms with Crippen LogP contribution in [0.2, 0.25) is 0 Å². The maximum Gasteiger partial charge on any atom is 0.490 e. The van der Waals surface area contributed by atoms with E-state index in [1.165, 1.54) is 18.9 Å². The molecule has 0 radical (unpaired) electrons. The Morgan fingerprint density at radius 1 is 1.03 bits per heavy atom. The van der Waals surface area contributed by atoms with Crippen molar-refractivity contribution < 1.29 is 45.8 Å². The molecule has 2 unspecified atom stereocenters. The predicted molar refractivity (Wildman–Crippen MR) is 132 cm³/mol. The van der Waals surface area contributed by atoms with Crippen molar-refractivity contribution >= 4 is 23.3 Å². The van der Waals surface area contributed by atoms with Crippen LogP contribution in [0.3, 0.4) is 0 Å². The van der Waals surface area contributed by atoms with Crippen molar-refractivity contribution in [1.29, 1.82) is 0 Å². The van der Waals surface area contributed by atoms with Gasteiger partial charge in [0.25, 0.3) is 5.91 Å². The number of rotatable bonds is 6. The highest BCUT2D eigenvalue weighted by Crippen LogP contribution is 2.38. The lowest BCUT2D eigenvalue weighted by atomic mass is 10.1. The van der Waals surface area contributed by atoms with Gasteiger partial charge in [0.05, 0.1) is 11.3 Å². The van der Waals surface area contributed by atoms with E-state index >= 15 is 0 Å². The number of hydrogen-bond acceptors (Lipinski definition) is 5. The summed E-state index contributed by atoms with van der Waals surface area (Å²) in [6, 6.07) is 13.7. The molecule has 13 heteroatoms. The van der Waals surface area contributed by atoms with Crippen molar-refractivity contribution in [2.24, 2.45) is 0 Å². The number of halogens is 6. The topological polar surface area (TPSA) is 82.1 Å². The molecule has 0 saturated carbocycles. The smallest absolute Gasteiger partial charge is 0.484 e. The van der Waals surface area contributed by atoms with Crippen LogP contribution >= 0.6 is 0 Å². The van der Waals surface area contributed by atoms with Gasteiger partial charge >= 0.3 is 18.3 Å². The second kappa shape index (κ2) is 12.6. The lowest BCUT2D eigenvalue weighted by Gasteiger charge is -2.29. The van der Waals surface area contributed by atoms with Crippen LogP contribution in [0.4, 0.5) is 37.7 Å². The lowest BCUT2D eigenvalue weighted by Crippen LogP contribution is -2.39. The second-order valence-corrected chi connectivity index (χ2v) is 9.30. The van der Waals surface area contributed by atoms with Gasteiger partial charge in [-0.2, -0.15) is 26.3 Å². The van der Waals surface area contributed by atoms with E-state index in [4.69, 9.17) is 14.6 Å². The number of para-hydroxylation sites is 1. The Balaban J connectivity index is 0.000000532. The highest BCUT2D eigenvalue weighted by Gasteiger charge is 2.38. The number of ether oxygens (including phenoxy) is 1. The van der Waals surface area contributed by atoms with Crippen molar-refractivity contribution in [3.8, 4) is 5.75 Å². The number of alkyl halides is 6. The SMILES string of the molecule is CC1CCCN1C1CCN(c2ccc(NC(=O)COc3ccccc3)c(C(F)(F)F)c2)C1.O=C(O)C(F)(F)F. The molecule has 2 N–H and O–H groups in total. The quantitative estimate of drug-likeness (QED) is 0.459. The standard InChI is InChI=1S/C24H28F3N3O2.C2HF3O2/c1-17-6-5-12-30(17)19-11-13-29(15-19)18-9-10-22(21(14-18)24(25,26)27)28-23(31)16-32-20-7-3-2-4-8-20;3-2(4,5)1(6)7/h2-4,7-10,14,17,19H,5-6,11-13,15-16H2,1H3,(H,28,31);(H,6,7). The minimum atomic E-state index is -5.08. The number of amides is 1. The number of anilines is 2. The van der Waals surface area contributed by atoms with Crippen LogP contribution in [0.25, 0.3) is 0 Å². The number of carboxylic acids is 1. The number of likely N-dealkylation sites (tertiary alicyclic amines) is 1. The Hall–Kier alpha value is -3.48. The van der Waals surface area contributed by atoms with Gasteiger partial charge in [-0.15, -0.1) is 0 Å². The van der Waals surface area contributed by atoms with Gasteiger partial charge in [-0.3, -0.25) is 9.69 Å². The monoisotopic (exact) mass is 561 g/mol. The first kappa shape index (κ1) is 30.1. The van der Waals surface area contributed by atoms with Crippen LogP contribution in [0.5, 0.6) is 5.75 Å². The summed E-state index contributed by atoms with van der Waals surface area (Å²) in [4.78, 5) is 25.6. The van der Waals surface area contributed by atoms with E-state index < -0.39 is 29.8 Å². The summed E-state index contributed by atoms with van der Waals surface area (Å²) in [6.07, 6.45) is -6.36. The molecule has 7 nitrogen and oxygen atoms in total. The summed E-state index contributed by atoms with van der Waals surface area (Å²) >= 11 is 0. The Labute approximate surface area is 221 Å². The van der Waals surface area contributed by atoms with Gasteiger partial charge < -0.3 is 20.1 Å². The van der Waals surface area contributed by atoms with E-state index in [0.717, 1.165) is 32.1 Å². The molecule has 0 aromatic heterocycles. The largest absolute Gasteiger partial charge is 0.490 e. The Morgan fingerprint density at radius 3 is 2.26 bits per heavy atom. The lowest BCUT2D eigenvalue weighted by molar-refractivity contribution is -0.192. The molecule has 0 spiro atoms. The van der Waals surface area contributed by atoms with Crippen LogP contribution in [-0.4, -0.2) is 66.4 Å². The third kappa shape index (κ3) is 8.50. The molecular weight excluding hydrogens is 532 g/mol. The molecule has 2 aliphatic heterocycles. The molecule has 2 atom stereocenters. The average molecular weight is 562 g/mol. The summed E-state index contributed by atoms with van der Waals surface area (Å²) < 4.78 is 78.4. The van der Waals surface area contributed by atoms with Gasteiger partial charge in [-0.25, -0.2) is 4.79 Å². The molecule has 214 valence electrons. The molecular formula is C26H29F6N3O4. The fourth-order valence-corrected chi connectivity index (χ4v) is 4.67. The number of carboxylic acid groups (broad SMARTS) is 1. The third-order valence-corrected chi connectivity index (χ3v) is 6.54. The average Bonchev–Trinajstić information content (AvgIpc) is 3.52. The van der Waals surface area contributed by atoms with Crippen LogP contribution < -0.4 is 15.0 Å². The van der Waals surface area contributed by atoms with E-state index in [-0.39, 0.29) is 12.3 Å². The fourth-order valence-electron chi connectivity index (χ4n) is 4.67. The maximum atomic E-state index is 13.8. The number of carbonyl (C=O) groups is 2. The van der Waals surface area contributed by atoms with Crippen LogP contribution in [0.1, 0.15) is 31.7 Å². The fraction of sp³-hybridized carbons (Fsp3) is 0.462. The van der Waals surface area contributed by atoms with Crippen molar-refractivity contribution in [3.63, 3.8) is 0 Å². The Morgan fingerprint density at radius 2 is 1.69 bits per heavy atom. The van der Waals surface area contributed by atoms with Gasteiger partial charge in [0.15, 0.2) is 6.61 Å². The molecule has 39 heavy (non-hydrogen) atoms. The maximum absolute atomic E-state index is 13.8. The second-order valence-electron chi connectivity index (χ2n) is 9.30. The summed E-state index contributed by atoms with van der Waals surface area (Å²) in [7, 11) is 0. The zero-order chi connectivity index (χ0) is 28.8. The van der Waals surface area contributed by atoms with Crippen molar-refractivity contribution in [1.82, 2.24) is 4.90 Å². The molecule has 1 amide bonds. The van der Waals surface area contributed by atoms with Gasteiger partial charge in [0.1, 0.15) is 5.75 Å². The highest BCUT2D eigenvalue weighted by molar-refractivity contribution is 5.93. The van der Waals surface area contributed by atoms with Gasteiger partial charge in [0, 0.05) is 30.9 Å². The zero-order valence-electron chi connectivity index (χ0n) is 21.1. The molecule has 2 aromatic rings. The molecule has 0 aliphatic carbocycles. The van der Waals surface area contributed by atoms with E-state index in [1.807, 2.05) is 4.90 Å². The van der Waals surface area contributed by atoms with Crippen LogP contribution in [0.15, 0.2) is 48.5 Å². The summed E-state index contributed by atoms with van der Waals surface area (Å²) in [5.41, 5.74) is -0.571. The Bertz CT molecular complexity index is 1130. The van der Waals surface area contributed by atoms with E-state index in [0.29, 0.717) is 23.5 Å². The van der Waals surface area contributed by atoms with E-state index in [9.17, 15) is 31.1 Å². The molecule has 2 fully saturated rings. The van der Waals surface area contributed by atoms with E-state index in [2.05, 4.69) is 17.1 Å². The number of benzene rings is 2. The first-order chi connectivity index (χ1) is 18.3. The number of hydrogen-bond donors (Lipinski definition) is 2. The molecule has 2 heterocycles. The summed E-state index contributed by atoms with van der Waals surface area (Å²) in [6.45, 7) is 4.35. The van der Waals surface area contributed by atoms with Crippen LogP contribution in [-0.2, 0) is 15.8 Å². The first-order valence-corrected chi connectivity index (χ1v) is 12.3. The summed E-state index contributed by atoms with van der Waals surface area (Å²) in [5, 5.41) is 9.48. The predicted octanol–water partition coefficient (Wildman–Crippen LogP) is 5.42. The first-order valence-electron chi connectivity index (χ1n) is 12.3. The van der Waals surface area contributed by atoms with Crippen molar-refractivity contribution in [3.05, 3.63) is 54.1 Å². The zero-order valence-corrected chi connectivity index (χ0v) is 21.1. The number of carbonyl (C=O) groups excluding carboxylic acids is 1. The number of nitrogens with zero attached hydrogens (tertiary/aromatic N) is 2. The normalized spacial score (nSPS) is 19.8. The minimum Gasteiger partial charge on any atom is -0.484 e. The molecule has 0 bridgehead atoms. The van der Waals surface area contributed by atoms with Gasteiger partial charge in [-0.1, -0.05) is 18.2 Å². The third-order valence-electron chi connectivity index (χ3n) is 6.54. The molecule has 2 saturated heterocycles. The summed E-state index contributed by atoms with van der Waals surface area (Å²) in [5.74, 6) is -2.92. The minimum absolute atomic E-state index is 0.258. The van der Waals surface area contributed by atoms with Gasteiger partial charge in [-0.05, 0) is 63.1 Å². The van der Waals surface area contributed by atoms with Crippen molar-refractivity contribution in [2.45, 2.75) is 50.6 Å². The number of nitrogens with one attached hydrogen (secondary N) is 1. The molecule has 2 aliphatic rings. The molecule has 4 rings (SSSR count). The van der Waals surface area contributed by atoms with Gasteiger partial charge in [0.2, 0.25) is 0 Å².